The van der Waals surface area contributed by atoms with Crippen molar-refractivity contribution in [3.05, 3.63) is 12.2 Å². The summed E-state index contributed by atoms with van der Waals surface area (Å²) in [6, 6.07) is 0. The molecule has 1 saturated carbocycles. The van der Waals surface area contributed by atoms with E-state index < -0.39 is 0 Å². The maximum Gasteiger partial charge on any atom is 0.146 e. The molecule has 1 fully saturated rings. The number of nitrogens with zero attached hydrogens (tertiary/aromatic N) is 3. The van der Waals surface area contributed by atoms with Crippen molar-refractivity contribution in [1.82, 2.24) is 14.8 Å². The van der Waals surface area contributed by atoms with Crippen LogP contribution in [0.3, 0.4) is 0 Å². The van der Waals surface area contributed by atoms with Crippen LogP contribution >= 0.6 is 0 Å². The zero-order valence-corrected chi connectivity index (χ0v) is 11.6. The second-order valence-corrected chi connectivity index (χ2v) is 5.99. The van der Waals surface area contributed by atoms with Crippen molar-refractivity contribution in [2.45, 2.75) is 52.4 Å². The van der Waals surface area contributed by atoms with E-state index in [9.17, 15) is 4.79 Å². The standard InChI is InChI=1S/C14H23N3O/c1-11(2)9-14(6-4-5-7-14)12(18)8-13-15-10-16-17(13)3/h10-11H,4-9H2,1-3H3. The number of hydrogen-bond acceptors (Lipinski definition) is 3. The molecule has 4 heteroatoms. The summed E-state index contributed by atoms with van der Waals surface area (Å²) in [5, 5.41) is 4.03. The molecule has 0 unspecified atom stereocenters. The second-order valence-electron chi connectivity index (χ2n) is 5.99. The van der Waals surface area contributed by atoms with Crippen LogP contribution in [0.5, 0.6) is 0 Å². The van der Waals surface area contributed by atoms with Gasteiger partial charge >= 0.3 is 0 Å². The van der Waals surface area contributed by atoms with E-state index in [0.29, 0.717) is 18.1 Å². The molecule has 0 amide bonds. The van der Waals surface area contributed by atoms with Gasteiger partial charge < -0.3 is 0 Å². The van der Waals surface area contributed by atoms with Gasteiger partial charge in [-0.1, -0.05) is 26.7 Å². The average molecular weight is 249 g/mol. The molecule has 0 atom stereocenters. The number of aryl methyl sites for hydroxylation is 1. The van der Waals surface area contributed by atoms with Crippen LogP contribution < -0.4 is 0 Å². The minimum absolute atomic E-state index is 0.0832. The summed E-state index contributed by atoms with van der Waals surface area (Å²) in [4.78, 5) is 16.8. The van der Waals surface area contributed by atoms with Gasteiger partial charge in [0.25, 0.3) is 0 Å². The predicted molar refractivity (Wildman–Crippen MR) is 70.1 cm³/mol. The van der Waals surface area contributed by atoms with E-state index in [1.807, 2.05) is 7.05 Å². The predicted octanol–water partition coefficient (Wildman–Crippen LogP) is 2.53. The highest BCUT2D eigenvalue weighted by Gasteiger charge is 2.41. The Morgan fingerprint density at radius 3 is 2.61 bits per heavy atom. The van der Waals surface area contributed by atoms with E-state index in [4.69, 9.17) is 0 Å². The lowest BCUT2D eigenvalue weighted by atomic mass is 9.74. The number of aromatic nitrogens is 3. The van der Waals surface area contributed by atoms with Gasteiger partial charge in [-0.3, -0.25) is 9.48 Å². The first-order valence-corrected chi connectivity index (χ1v) is 6.90. The van der Waals surface area contributed by atoms with Gasteiger partial charge in [0.05, 0.1) is 6.42 Å². The Hall–Kier alpha value is -1.19. The Bertz CT molecular complexity index is 416. The van der Waals surface area contributed by atoms with Gasteiger partial charge in [-0.2, -0.15) is 5.10 Å². The van der Waals surface area contributed by atoms with Crippen molar-refractivity contribution in [2.75, 3.05) is 0 Å². The number of carbonyl (C=O) groups excluding carboxylic acids is 1. The van der Waals surface area contributed by atoms with Crippen LogP contribution in [0.15, 0.2) is 6.33 Å². The van der Waals surface area contributed by atoms with Crippen LogP contribution in [0.1, 0.15) is 51.8 Å². The molecule has 0 radical (unpaired) electrons. The number of rotatable bonds is 5. The smallest absolute Gasteiger partial charge is 0.146 e. The first-order chi connectivity index (χ1) is 8.53. The molecule has 18 heavy (non-hydrogen) atoms. The summed E-state index contributed by atoms with van der Waals surface area (Å²) >= 11 is 0. The van der Waals surface area contributed by atoms with Crippen LogP contribution in [0.2, 0.25) is 0 Å². The molecule has 1 aromatic rings. The molecule has 0 saturated heterocycles. The van der Waals surface area contributed by atoms with Crippen LogP contribution in [-0.2, 0) is 18.3 Å². The molecular formula is C14H23N3O. The molecule has 4 nitrogen and oxygen atoms in total. The normalized spacial score (nSPS) is 18.4. The minimum atomic E-state index is -0.0832. The topological polar surface area (TPSA) is 47.8 Å². The molecule has 0 N–H and O–H groups in total. The third-order valence-corrected chi connectivity index (χ3v) is 4.07. The molecule has 0 spiro atoms. The zero-order valence-electron chi connectivity index (χ0n) is 11.6. The van der Waals surface area contributed by atoms with E-state index >= 15 is 0 Å². The Kier molecular flexibility index (Phi) is 3.83. The van der Waals surface area contributed by atoms with Gasteiger partial charge in [0.1, 0.15) is 17.9 Å². The Balaban J connectivity index is 2.11. The van der Waals surface area contributed by atoms with E-state index in [-0.39, 0.29) is 5.41 Å². The molecule has 0 aliphatic heterocycles. The van der Waals surface area contributed by atoms with Crippen molar-refractivity contribution >= 4 is 5.78 Å². The van der Waals surface area contributed by atoms with Gasteiger partial charge in [-0.05, 0) is 25.2 Å². The molecule has 0 bridgehead atoms. The highest BCUT2D eigenvalue weighted by Crippen LogP contribution is 2.44. The van der Waals surface area contributed by atoms with E-state index in [1.54, 1.807) is 4.68 Å². The van der Waals surface area contributed by atoms with Crippen LogP contribution in [0.25, 0.3) is 0 Å². The quantitative estimate of drug-likeness (QED) is 0.805. The molecule has 1 aromatic heterocycles. The van der Waals surface area contributed by atoms with Crippen molar-refractivity contribution in [3.8, 4) is 0 Å². The van der Waals surface area contributed by atoms with Crippen molar-refractivity contribution < 1.29 is 4.79 Å². The number of ketones is 1. The first-order valence-electron chi connectivity index (χ1n) is 6.90. The lowest BCUT2D eigenvalue weighted by molar-refractivity contribution is -0.129. The summed E-state index contributed by atoms with van der Waals surface area (Å²) in [6.07, 6.45) is 7.47. The summed E-state index contributed by atoms with van der Waals surface area (Å²) in [5.41, 5.74) is -0.0832. The largest absolute Gasteiger partial charge is 0.299 e. The van der Waals surface area contributed by atoms with E-state index in [1.165, 1.54) is 19.2 Å². The maximum atomic E-state index is 12.6. The van der Waals surface area contributed by atoms with Crippen LogP contribution in [-0.4, -0.2) is 20.5 Å². The lowest BCUT2D eigenvalue weighted by Crippen LogP contribution is -2.32. The third-order valence-electron chi connectivity index (χ3n) is 4.07. The molecule has 100 valence electrons. The Morgan fingerprint density at radius 2 is 2.11 bits per heavy atom. The molecule has 1 aliphatic carbocycles. The van der Waals surface area contributed by atoms with Crippen molar-refractivity contribution in [1.29, 1.82) is 0 Å². The highest BCUT2D eigenvalue weighted by molar-refractivity contribution is 5.86. The van der Waals surface area contributed by atoms with Gasteiger partial charge in [0, 0.05) is 12.5 Å². The third kappa shape index (κ3) is 2.62. The fourth-order valence-corrected chi connectivity index (χ4v) is 3.24. The van der Waals surface area contributed by atoms with Gasteiger partial charge in [-0.25, -0.2) is 4.98 Å². The molecule has 0 aromatic carbocycles. The summed E-state index contributed by atoms with van der Waals surface area (Å²) in [5.74, 6) is 1.73. The monoisotopic (exact) mass is 249 g/mol. The number of carbonyl (C=O) groups is 1. The zero-order chi connectivity index (χ0) is 13.2. The molecule has 1 heterocycles. The Morgan fingerprint density at radius 1 is 1.44 bits per heavy atom. The van der Waals surface area contributed by atoms with Gasteiger partial charge in [0.2, 0.25) is 0 Å². The fourth-order valence-electron chi connectivity index (χ4n) is 3.24. The SMILES string of the molecule is CC(C)CC1(C(=O)Cc2ncnn2C)CCCC1. The minimum Gasteiger partial charge on any atom is -0.299 e. The molecule has 1 aliphatic rings. The second kappa shape index (κ2) is 5.21. The van der Waals surface area contributed by atoms with Gasteiger partial charge in [-0.15, -0.1) is 0 Å². The first kappa shape index (κ1) is 13.2. The highest BCUT2D eigenvalue weighted by atomic mass is 16.1. The van der Waals surface area contributed by atoms with Crippen molar-refractivity contribution in [3.63, 3.8) is 0 Å². The fraction of sp³-hybridized carbons (Fsp3) is 0.786. The number of hydrogen-bond donors (Lipinski definition) is 0. The molecular weight excluding hydrogens is 226 g/mol. The summed E-state index contributed by atoms with van der Waals surface area (Å²) in [6.45, 7) is 4.41. The van der Waals surface area contributed by atoms with Crippen LogP contribution in [0.4, 0.5) is 0 Å². The van der Waals surface area contributed by atoms with Crippen LogP contribution in [0, 0.1) is 11.3 Å². The van der Waals surface area contributed by atoms with E-state index in [2.05, 4.69) is 23.9 Å². The molecule has 2 rings (SSSR count). The number of Topliss-reactive ketones (excluding diaryl/α,β-unsaturated/α-hetero) is 1. The average Bonchev–Trinajstić information content (AvgIpc) is 2.89. The lowest BCUT2D eigenvalue weighted by Gasteiger charge is -2.29. The maximum absolute atomic E-state index is 12.6. The van der Waals surface area contributed by atoms with Gasteiger partial charge in [0.15, 0.2) is 0 Å². The van der Waals surface area contributed by atoms with E-state index in [0.717, 1.165) is 25.1 Å². The summed E-state index contributed by atoms with van der Waals surface area (Å²) in [7, 11) is 1.85. The summed E-state index contributed by atoms with van der Waals surface area (Å²) < 4.78 is 1.70. The Labute approximate surface area is 109 Å². The van der Waals surface area contributed by atoms with Crippen molar-refractivity contribution in [2.24, 2.45) is 18.4 Å².